The van der Waals surface area contributed by atoms with Crippen LogP contribution in [0.25, 0.3) is 0 Å². The van der Waals surface area contributed by atoms with E-state index in [9.17, 15) is 9.59 Å². The van der Waals surface area contributed by atoms with E-state index in [0.717, 1.165) is 0 Å². The molecular formula is C12H15NO3. The molecule has 4 nitrogen and oxygen atoms in total. The highest BCUT2D eigenvalue weighted by molar-refractivity contribution is 5.97. The van der Waals surface area contributed by atoms with Gasteiger partial charge in [-0.2, -0.15) is 0 Å². The number of carbonyl (C=O) groups is 2. The van der Waals surface area contributed by atoms with Gasteiger partial charge in [-0.1, -0.05) is 18.2 Å². The van der Waals surface area contributed by atoms with Gasteiger partial charge in [-0.3, -0.25) is 4.79 Å². The van der Waals surface area contributed by atoms with Crippen LogP contribution in [0, 0.1) is 0 Å². The van der Waals surface area contributed by atoms with E-state index in [2.05, 4.69) is 0 Å². The zero-order chi connectivity index (χ0) is 12.3. The Bertz CT molecular complexity index is 398. The molecule has 0 saturated heterocycles. The number of aliphatic carboxylic acids is 1. The molecular weight excluding hydrogens is 206 g/mol. The standard InChI is InChI=1S/C12H15NO3/c1-12(2,11(15)16)13(3)10(14)9-7-5-4-6-8-9/h4-8H,1-3H3,(H,15,16). The van der Waals surface area contributed by atoms with Gasteiger partial charge in [-0.15, -0.1) is 0 Å². The van der Waals surface area contributed by atoms with Crippen molar-refractivity contribution in [2.45, 2.75) is 19.4 Å². The molecule has 1 rings (SSSR count). The Morgan fingerprint density at radius 2 is 1.69 bits per heavy atom. The van der Waals surface area contributed by atoms with E-state index in [-0.39, 0.29) is 5.91 Å². The first kappa shape index (κ1) is 12.2. The number of rotatable bonds is 3. The van der Waals surface area contributed by atoms with Crippen LogP contribution in [-0.4, -0.2) is 34.5 Å². The summed E-state index contributed by atoms with van der Waals surface area (Å²) in [5.74, 6) is -1.33. The van der Waals surface area contributed by atoms with Crippen LogP contribution in [0.15, 0.2) is 30.3 Å². The molecule has 4 heteroatoms. The number of carbonyl (C=O) groups excluding carboxylic acids is 1. The van der Waals surface area contributed by atoms with Gasteiger partial charge in [0.2, 0.25) is 0 Å². The van der Waals surface area contributed by atoms with E-state index in [1.807, 2.05) is 0 Å². The minimum absolute atomic E-state index is 0.298. The van der Waals surface area contributed by atoms with Crippen LogP contribution in [0.4, 0.5) is 0 Å². The summed E-state index contributed by atoms with van der Waals surface area (Å²) >= 11 is 0. The lowest BCUT2D eigenvalue weighted by Crippen LogP contribution is -2.50. The summed E-state index contributed by atoms with van der Waals surface area (Å²) in [5, 5.41) is 9.01. The minimum atomic E-state index is -1.22. The maximum Gasteiger partial charge on any atom is 0.329 e. The van der Waals surface area contributed by atoms with Crippen molar-refractivity contribution < 1.29 is 14.7 Å². The third-order valence-electron chi connectivity index (χ3n) is 2.69. The van der Waals surface area contributed by atoms with Crippen molar-refractivity contribution in [3.8, 4) is 0 Å². The van der Waals surface area contributed by atoms with Crippen LogP contribution < -0.4 is 0 Å². The first-order chi connectivity index (χ1) is 7.37. The zero-order valence-electron chi connectivity index (χ0n) is 9.60. The number of amides is 1. The molecule has 1 aromatic carbocycles. The lowest BCUT2D eigenvalue weighted by Gasteiger charge is -2.31. The molecule has 0 saturated carbocycles. The molecule has 0 unspecified atom stereocenters. The lowest BCUT2D eigenvalue weighted by atomic mass is 10.0. The fourth-order valence-corrected chi connectivity index (χ4v) is 1.17. The van der Waals surface area contributed by atoms with Gasteiger partial charge in [0.25, 0.3) is 5.91 Å². The van der Waals surface area contributed by atoms with Crippen molar-refractivity contribution in [1.82, 2.24) is 4.90 Å². The third kappa shape index (κ3) is 2.21. The molecule has 0 aliphatic carbocycles. The van der Waals surface area contributed by atoms with Gasteiger partial charge in [-0.05, 0) is 26.0 Å². The monoisotopic (exact) mass is 221 g/mol. The normalized spacial score (nSPS) is 10.9. The van der Waals surface area contributed by atoms with Crippen LogP contribution in [0.3, 0.4) is 0 Å². The molecule has 0 aromatic heterocycles. The third-order valence-corrected chi connectivity index (χ3v) is 2.69. The molecule has 0 aliphatic heterocycles. The second kappa shape index (κ2) is 4.35. The van der Waals surface area contributed by atoms with Crippen LogP contribution in [0.2, 0.25) is 0 Å². The number of hydrogen-bond acceptors (Lipinski definition) is 2. The summed E-state index contributed by atoms with van der Waals surface area (Å²) < 4.78 is 0. The van der Waals surface area contributed by atoms with E-state index in [1.54, 1.807) is 30.3 Å². The van der Waals surface area contributed by atoms with Crippen molar-refractivity contribution in [2.24, 2.45) is 0 Å². The summed E-state index contributed by atoms with van der Waals surface area (Å²) in [4.78, 5) is 24.2. The molecule has 0 aliphatic rings. The SMILES string of the molecule is CN(C(=O)c1ccccc1)C(C)(C)C(=O)O. The fraction of sp³-hybridized carbons (Fsp3) is 0.333. The number of benzene rings is 1. The summed E-state index contributed by atoms with van der Waals surface area (Å²) in [6, 6.07) is 8.62. The van der Waals surface area contributed by atoms with Crippen molar-refractivity contribution in [2.75, 3.05) is 7.05 Å². The Balaban J connectivity index is 2.96. The van der Waals surface area contributed by atoms with Crippen LogP contribution in [0.5, 0.6) is 0 Å². The highest BCUT2D eigenvalue weighted by atomic mass is 16.4. The van der Waals surface area contributed by atoms with E-state index in [4.69, 9.17) is 5.11 Å². The van der Waals surface area contributed by atoms with E-state index in [0.29, 0.717) is 5.56 Å². The average Bonchev–Trinajstić information content (AvgIpc) is 2.28. The van der Waals surface area contributed by atoms with E-state index < -0.39 is 11.5 Å². The number of carboxylic acids is 1. The highest BCUT2D eigenvalue weighted by Gasteiger charge is 2.35. The van der Waals surface area contributed by atoms with Gasteiger partial charge >= 0.3 is 5.97 Å². The average molecular weight is 221 g/mol. The number of likely N-dealkylation sites (N-methyl/N-ethyl adjacent to an activating group) is 1. The van der Waals surface area contributed by atoms with E-state index in [1.165, 1.54) is 25.8 Å². The summed E-state index contributed by atoms with van der Waals surface area (Å²) in [6.07, 6.45) is 0. The predicted molar refractivity (Wildman–Crippen MR) is 60.3 cm³/mol. The zero-order valence-corrected chi connectivity index (χ0v) is 9.60. The van der Waals surface area contributed by atoms with Gasteiger partial charge in [0, 0.05) is 12.6 Å². The fourth-order valence-electron chi connectivity index (χ4n) is 1.17. The van der Waals surface area contributed by atoms with Crippen LogP contribution >= 0.6 is 0 Å². The van der Waals surface area contributed by atoms with Crippen LogP contribution in [0.1, 0.15) is 24.2 Å². The topological polar surface area (TPSA) is 57.6 Å². The maximum absolute atomic E-state index is 12.0. The second-order valence-electron chi connectivity index (χ2n) is 4.09. The van der Waals surface area contributed by atoms with Crippen LogP contribution in [-0.2, 0) is 4.79 Å². The first-order valence-corrected chi connectivity index (χ1v) is 4.94. The highest BCUT2D eigenvalue weighted by Crippen LogP contribution is 2.15. The lowest BCUT2D eigenvalue weighted by molar-refractivity contribution is -0.147. The molecule has 0 radical (unpaired) electrons. The Morgan fingerprint density at radius 3 is 2.12 bits per heavy atom. The Labute approximate surface area is 94.5 Å². The van der Waals surface area contributed by atoms with Crippen molar-refractivity contribution >= 4 is 11.9 Å². The Morgan fingerprint density at radius 1 is 1.19 bits per heavy atom. The summed E-state index contributed by atoms with van der Waals surface area (Å²) in [5.41, 5.74) is -0.730. The molecule has 1 N–H and O–H groups in total. The number of hydrogen-bond donors (Lipinski definition) is 1. The molecule has 0 spiro atoms. The largest absolute Gasteiger partial charge is 0.480 e. The number of nitrogens with zero attached hydrogens (tertiary/aromatic N) is 1. The molecule has 1 aromatic rings. The van der Waals surface area contributed by atoms with Gasteiger partial charge in [0.1, 0.15) is 5.54 Å². The van der Waals surface area contributed by atoms with Crippen molar-refractivity contribution in [1.29, 1.82) is 0 Å². The van der Waals surface area contributed by atoms with Gasteiger partial charge in [0.15, 0.2) is 0 Å². The molecule has 16 heavy (non-hydrogen) atoms. The molecule has 0 bridgehead atoms. The van der Waals surface area contributed by atoms with E-state index >= 15 is 0 Å². The molecule has 0 atom stereocenters. The molecule has 86 valence electrons. The smallest absolute Gasteiger partial charge is 0.329 e. The maximum atomic E-state index is 12.0. The number of carboxylic acid groups (broad SMARTS) is 1. The predicted octanol–water partition coefficient (Wildman–Crippen LogP) is 1.62. The van der Waals surface area contributed by atoms with Crippen molar-refractivity contribution in [3.05, 3.63) is 35.9 Å². The van der Waals surface area contributed by atoms with Gasteiger partial charge < -0.3 is 10.0 Å². The molecule has 1 amide bonds. The minimum Gasteiger partial charge on any atom is -0.480 e. The van der Waals surface area contributed by atoms with Gasteiger partial charge in [-0.25, -0.2) is 4.79 Å². The molecule has 0 heterocycles. The first-order valence-electron chi connectivity index (χ1n) is 4.94. The summed E-state index contributed by atoms with van der Waals surface area (Å²) in [6.45, 7) is 2.99. The van der Waals surface area contributed by atoms with Gasteiger partial charge in [0.05, 0.1) is 0 Å². The summed E-state index contributed by atoms with van der Waals surface area (Å²) in [7, 11) is 1.49. The van der Waals surface area contributed by atoms with Crippen molar-refractivity contribution in [3.63, 3.8) is 0 Å². The Hall–Kier alpha value is -1.84. The quantitative estimate of drug-likeness (QED) is 0.843. The second-order valence-corrected chi connectivity index (χ2v) is 4.09. The molecule has 0 fully saturated rings. The Kier molecular flexibility index (Phi) is 3.32.